The van der Waals surface area contributed by atoms with Crippen LogP contribution in [0.15, 0.2) is 53.4 Å². The van der Waals surface area contributed by atoms with Crippen molar-refractivity contribution >= 4 is 10.8 Å². The molecule has 3 aromatic rings. The first-order valence-electron chi connectivity index (χ1n) is 8.93. The highest BCUT2D eigenvalue weighted by Gasteiger charge is 2.31. The largest absolute Gasteiger partial charge is 0.493 e. The molecule has 1 aromatic heterocycles. The minimum absolute atomic E-state index is 0.355. The summed E-state index contributed by atoms with van der Waals surface area (Å²) in [5.74, 6) is 3.49. The average molecular weight is 365 g/mol. The highest BCUT2D eigenvalue weighted by Crippen LogP contribution is 2.40. The zero-order valence-corrected chi connectivity index (χ0v) is 15.1. The van der Waals surface area contributed by atoms with Crippen LogP contribution in [0.2, 0.25) is 0 Å². The third kappa shape index (κ3) is 2.84. The smallest absolute Gasteiger partial charge is 0.150 e. The molecule has 1 atom stereocenters. The van der Waals surface area contributed by atoms with Gasteiger partial charge in [-0.15, -0.1) is 10.2 Å². The van der Waals surface area contributed by atoms with Gasteiger partial charge in [0, 0.05) is 22.9 Å². The van der Waals surface area contributed by atoms with Gasteiger partial charge in [-0.05, 0) is 48.7 Å². The van der Waals surface area contributed by atoms with Gasteiger partial charge in [-0.1, -0.05) is 18.2 Å². The predicted molar refractivity (Wildman–Crippen MR) is 99.1 cm³/mol. The fourth-order valence-corrected chi connectivity index (χ4v) is 4.47. The average Bonchev–Trinajstić information content (AvgIpc) is 3.26. The van der Waals surface area contributed by atoms with Crippen LogP contribution in [0.1, 0.15) is 36.0 Å². The van der Waals surface area contributed by atoms with Crippen LogP contribution in [0.25, 0.3) is 5.69 Å². The Labute approximate surface area is 154 Å². The topological polar surface area (TPSA) is 57.0 Å². The van der Waals surface area contributed by atoms with Crippen molar-refractivity contribution in [3.63, 3.8) is 0 Å². The second kappa shape index (κ2) is 6.36. The van der Waals surface area contributed by atoms with E-state index in [9.17, 15) is 4.21 Å². The standard InChI is InChI=1S/C20H19N3O2S/c24-26(17-8-9-18-15(12-17)10-11-25-18)13-19-21-22-20(14-6-7-14)23(19)16-4-2-1-3-5-16/h1-5,8-9,12,14H,6-7,10-11,13H2. The van der Waals surface area contributed by atoms with Crippen molar-refractivity contribution in [1.29, 1.82) is 0 Å². The van der Waals surface area contributed by atoms with Gasteiger partial charge in [-0.25, -0.2) is 0 Å². The molecule has 2 aliphatic rings. The van der Waals surface area contributed by atoms with Gasteiger partial charge in [-0.3, -0.25) is 8.78 Å². The lowest BCUT2D eigenvalue weighted by Crippen LogP contribution is -2.08. The predicted octanol–water partition coefficient (Wildman–Crippen LogP) is 3.39. The Morgan fingerprint density at radius 3 is 2.77 bits per heavy atom. The molecule has 6 heteroatoms. The number of hydrogen-bond donors (Lipinski definition) is 0. The van der Waals surface area contributed by atoms with Crippen LogP contribution in [-0.2, 0) is 23.0 Å². The summed E-state index contributed by atoms with van der Waals surface area (Å²) in [6, 6.07) is 15.9. The van der Waals surface area contributed by atoms with Crippen LogP contribution in [0.4, 0.5) is 0 Å². The van der Waals surface area contributed by atoms with Crippen LogP contribution in [0.5, 0.6) is 5.75 Å². The molecule has 1 aliphatic heterocycles. The molecule has 2 heterocycles. The molecular formula is C20H19N3O2S. The van der Waals surface area contributed by atoms with Gasteiger partial charge in [0.15, 0.2) is 5.82 Å². The molecule has 1 unspecified atom stereocenters. The summed E-state index contributed by atoms with van der Waals surface area (Å²) in [6.45, 7) is 0.707. The van der Waals surface area contributed by atoms with Crippen molar-refractivity contribution in [2.45, 2.75) is 35.8 Å². The number of hydrogen-bond acceptors (Lipinski definition) is 4. The van der Waals surface area contributed by atoms with Crippen molar-refractivity contribution in [3.8, 4) is 11.4 Å². The molecular weight excluding hydrogens is 346 g/mol. The third-order valence-electron chi connectivity index (χ3n) is 4.90. The summed E-state index contributed by atoms with van der Waals surface area (Å²) >= 11 is 0. The van der Waals surface area contributed by atoms with E-state index in [-0.39, 0.29) is 0 Å². The summed E-state index contributed by atoms with van der Waals surface area (Å²) in [6.07, 6.45) is 3.18. The van der Waals surface area contributed by atoms with E-state index in [4.69, 9.17) is 4.74 Å². The summed E-state index contributed by atoms with van der Waals surface area (Å²) in [5, 5.41) is 8.80. The van der Waals surface area contributed by atoms with Gasteiger partial charge in [0.1, 0.15) is 11.6 Å². The zero-order valence-electron chi connectivity index (χ0n) is 14.3. The molecule has 0 spiro atoms. The van der Waals surface area contributed by atoms with Crippen molar-refractivity contribution < 1.29 is 8.95 Å². The summed E-state index contributed by atoms with van der Waals surface area (Å²) < 4.78 is 20.6. The Morgan fingerprint density at radius 2 is 1.96 bits per heavy atom. The Bertz CT molecular complexity index is 980. The SMILES string of the molecule is O=S(Cc1nnc(C2CC2)n1-c1ccccc1)c1ccc2c(c1)CCO2. The molecule has 1 aliphatic carbocycles. The van der Waals surface area contributed by atoms with Crippen LogP contribution in [-0.4, -0.2) is 25.6 Å². The molecule has 0 saturated heterocycles. The Kier molecular flexibility index (Phi) is 3.85. The van der Waals surface area contributed by atoms with E-state index >= 15 is 0 Å². The van der Waals surface area contributed by atoms with Gasteiger partial charge < -0.3 is 4.74 Å². The highest BCUT2D eigenvalue weighted by atomic mass is 32.2. The second-order valence-corrected chi connectivity index (χ2v) is 8.23. The molecule has 0 bridgehead atoms. The van der Waals surface area contributed by atoms with Gasteiger partial charge in [-0.2, -0.15) is 0 Å². The monoisotopic (exact) mass is 365 g/mol. The lowest BCUT2D eigenvalue weighted by molar-refractivity contribution is 0.356. The Morgan fingerprint density at radius 1 is 1.12 bits per heavy atom. The second-order valence-electron chi connectivity index (χ2n) is 6.78. The van der Waals surface area contributed by atoms with Crippen molar-refractivity contribution in [2.24, 2.45) is 0 Å². The summed E-state index contributed by atoms with van der Waals surface area (Å²) in [4.78, 5) is 0.824. The normalized spacial score (nSPS) is 16.9. The lowest BCUT2D eigenvalue weighted by Gasteiger charge is -2.10. The summed E-state index contributed by atoms with van der Waals surface area (Å²) in [7, 11) is -1.17. The van der Waals surface area contributed by atoms with E-state index in [1.54, 1.807) is 0 Å². The zero-order chi connectivity index (χ0) is 17.5. The van der Waals surface area contributed by atoms with Crippen molar-refractivity contribution in [3.05, 3.63) is 65.7 Å². The number of nitrogens with zero attached hydrogens (tertiary/aromatic N) is 3. The third-order valence-corrected chi connectivity index (χ3v) is 6.20. The molecule has 132 valence electrons. The molecule has 0 N–H and O–H groups in total. The molecule has 1 fully saturated rings. The number of aromatic nitrogens is 3. The first-order chi connectivity index (χ1) is 12.8. The van der Waals surface area contributed by atoms with Crippen LogP contribution < -0.4 is 4.74 Å². The Balaban J connectivity index is 1.48. The van der Waals surface area contributed by atoms with Crippen LogP contribution >= 0.6 is 0 Å². The number of benzene rings is 2. The van der Waals surface area contributed by atoms with E-state index in [0.29, 0.717) is 18.3 Å². The van der Waals surface area contributed by atoms with Gasteiger partial charge in [0.05, 0.1) is 23.2 Å². The molecule has 0 amide bonds. The number of para-hydroxylation sites is 1. The molecule has 5 rings (SSSR count). The van der Waals surface area contributed by atoms with Crippen molar-refractivity contribution in [2.75, 3.05) is 6.61 Å². The highest BCUT2D eigenvalue weighted by molar-refractivity contribution is 7.84. The van der Waals surface area contributed by atoms with E-state index in [1.807, 2.05) is 48.5 Å². The molecule has 26 heavy (non-hydrogen) atoms. The molecule has 1 saturated carbocycles. The maximum atomic E-state index is 13.0. The maximum absolute atomic E-state index is 13.0. The minimum Gasteiger partial charge on any atom is -0.493 e. The first-order valence-corrected chi connectivity index (χ1v) is 10.3. The van der Waals surface area contributed by atoms with E-state index < -0.39 is 10.8 Å². The van der Waals surface area contributed by atoms with E-state index in [2.05, 4.69) is 14.8 Å². The lowest BCUT2D eigenvalue weighted by atomic mass is 10.2. The number of ether oxygens (including phenoxy) is 1. The van der Waals surface area contributed by atoms with Gasteiger partial charge >= 0.3 is 0 Å². The van der Waals surface area contributed by atoms with Crippen LogP contribution in [0, 0.1) is 0 Å². The minimum atomic E-state index is -1.17. The number of rotatable bonds is 5. The van der Waals surface area contributed by atoms with E-state index in [1.165, 1.54) is 0 Å². The fraction of sp³-hybridized carbons (Fsp3) is 0.300. The quantitative estimate of drug-likeness (QED) is 0.695. The van der Waals surface area contributed by atoms with Gasteiger partial charge in [0.25, 0.3) is 0 Å². The van der Waals surface area contributed by atoms with Crippen molar-refractivity contribution in [1.82, 2.24) is 14.8 Å². The fourth-order valence-electron chi connectivity index (χ4n) is 3.39. The van der Waals surface area contributed by atoms with Gasteiger partial charge in [0.2, 0.25) is 0 Å². The number of fused-ring (bicyclic) bond motifs is 1. The Hall–Kier alpha value is -2.47. The molecule has 5 nitrogen and oxygen atoms in total. The van der Waals surface area contributed by atoms with E-state index in [0.717, 1.165) is 52.8 Å². The maximum Gasteiger partial charge on any atom is 0.150 e. The first kappa shape index (κ1) is 15.8. The molecule has 0 radical (unpaired) electrons. The van der Waals surface area contributed by atoms with Crippen LogP contribution in [0.3, 0.4) is 0 Å². The summed E-state index contributed by atoms with van der Waals surface area (Å²) in [5.41, 5.74) is 2.17. The molecule has 2 aromatic carbocycles.